The van der Waals surface area contributed by atoms with E-state index in [1.165, 1.54) is 0 Å². The van der Waals surface area contributed by atoms with Gasteiger partial charge in [-0.3, -0.25) is 4.79 Å². The molecular weight excluding hydrogens is 306 g/mol. The fourth-order valence-corrected chi connectivity index (χ4v) is 3.60. The summed E-state index contributed by atoms with van der Waals surface area (Å²) < 4.78 is 7.04. The van der Waals surface area contributed by atoms with Crippen LogP contribution in [0.15, 0.2) is 23.2 Å². The van der Waals surface area contributed by atoms with Crippen molar-refractivity contribution >= 4 is 5.91 Å². The van der Waals surface area contributed by atoms with Gasteiger partial charge >= 0.3 is 0 Å². The van der Waals surface area contributed by atoms with Gasteiger partial charge in [0.15, 0.2) is 0 Å². The summed E-state index contributed by atoms with van der Waals surface area (Å²) in [7, 11) is 1.99. The van der Waals surface area contributed by atoms with Crippen LogP contribution in [0.4, 0.5) is 0 Å². The topological polar surface area (TPSA) is 76.2 Å². The SMILES string of the molecule is Cc1nocc1CN[C@@H]1CCC(=O)N(C2CC2)[C@H]1c1nccn1C. The largest absolute Gasteiger partial charge is 0.364 e. The van der Waals surface area contributed by atoms with E-state index in [9.17, 15) is 4.79 Å². The molecule has 2 aliphatic rings. The fourth-order valence-electron chi connectivity index (χ4n) is 3.60. The van der Waals surface area contributed by atoms with Crippen LogP contribution < -0.4 is 5.32 Å². The first-order valence-electron chi connectivity index (χ1n) is 8.56. The lowest BCUT2D eigenvalue weighted by Gasteiger charge is -2.41. The van der Waals surface area contributed by atoms with Gasteiger partial charge in [-0.1, -0.05) is 5.16 Å². The van der Waals surface area contributed by atoms with Crippen LogP contribution in [0.1, 0.15) is 48.8 Å². The van der Waals surface area contributed by atoms with Crippen molar-refractivity contribution in [2.45, 2.75) is 57.3 Å². The maximum atomic E-state index is 12.6. The van der Waals surface area contributed by atoms with E-state index in [-0.39, 0.29) is 18.0 Å². The van der Waals surface area contributed by atoms with E-state index in [1.807, 2.05) is 24.7 Å². The first-order valence-corrected chi connectivity index (χ1v) is 8.56. The molecule has 4 rings (SSSR count). The third-order valence-electron chi connectivity index (χ3n) is 5.11. The molecule has 0 bridgehead atoms. The molecule has 24 heavy (non-hydrogen) atoms. The molecule has 1 aliphatic heterocycles. The Balaban J connectivity index is 1.60. The number of aryl methyl sites for hydroxylation is 2. The van der Waals surface area contributed by atoms with Gasteiger partial charge < -0.3 is 19.3 Å². The van der Waals surface area contributed by atoms with E-state index in [0.717, 1.165) is 36.3 Å². The van der Waals surface area contributed by atoms with Gasteiger partial charge in [-0.05, 0) is 26.2 Å². The molecule has 2 aromatic rings. The highest BCUT2D eigenvalue weighted by Gasteiger charge is 2.45. The second-order valence-electron chi connectivity index (χ2n) is 6.82. The quantitative estimate of drug-likeness (QED) is 0.903. The zero-order chi connectivity index (χ0) is 16.7. The number of carbonyl (C=O) groups is 1. The summed E-state index contributed by atoms with van der Waals surface area (Å²) >= 11 is 0. The summed E-state index contributed by atoms with van der Waals surface area (Å²) in [5, 5.41) is 7.55. The predicted octanol–water partition coefficient (Wildman–Crippen LogP) is 1.70. The number of nitrogens with one attached hydrogen (secondary N) is 1. The van der Waals surface area contributed by atoms with E-state index >= 15 is 0 Å². The number of likely N-dealkylation sites (tertiary alicyclic amines) is 1. The average molecular weight is 329 g/mol. The molecule has 0 spiro atoms. The van der Waals surface area contributed by atoms with Crippen LogP contribution in [0.25, 0.3) is 0 Å². The Morgan fingerprint density at radius 1 is 1.38 bits per heavy atom. The summed E-state index contributed by atoms with van der Waals surface area (Å²) in [6.07, 6.45) is 9.06. The molecule has 3 heterocycles. The Morgan fingerprint density at radius 3 is 2.83 bits per heavy atom. The van der Waals surface area contributed by atoms with Gasteiger partial charge in [0.25, 0.3) is 0 Å². The smallest absolute Gasteiger partial charge is 0.223 e. The summed E-state index contributed by atoms with van der Waals surface area (Å²) in [6.45, 7) is 2.63. The number of piperidine rings is 1. The fraction of sp³-hybridized carbons (Fsp3) is 0.588. The molecule has 0 aromatic carbocycles. The monoisotopic (exact) mass is 329 g/mol. The van der Waals surface area contributed by atoms with Crippen LogP contribution in [0.5, 0.6) is 0 Å². The minimum Gasteiger partial charge on any atom is -0.364 e. The second-order valence-corrected chi connectivity index (χ2v) is 6.82. The maximum absolute atomic E-state index is 12.6. The van der Waals surface area contributed by atoms with Gasteiger partial charge in [0.2, 0.25) is 5.91 Å². The zero-order valence-corrected chi connectivity index (χ0v) is 14.1. The molecule has 0 unspecified atom stereocenters. The van der Waals surface area contributed by atoms with Crippen molar-refractivity contribution in [3.8, 4) is 0 Å². The van der Waals surface area contributed by atoms with Crippen molar-refractivity contribution in [1.29, 1.82) is 0 Å². The number of nitrogens with zero attached hydrogens (tertiary/aromatic N) is 4. The molecule has 1 aliphatic carbocycles. The molecule has 2 atom stereocenters. The van der Waals surface area contributed by atoms with Crippen LogP contribution in [0.2, 0.25) is 0 Å². The van der Waals surface area contributed by atoms with Crippen LogP contribution in [0, 0.1) is 6.92 Å². The minimum absolute atomic E-state index is 0.0149. The van der Waals surface area contributed by atoms with Crippen LogP contribution >= 0.6 is 0 Å². The first-order chi connectivity index (χ1) is 11.6. The number of carbonyl (C=O) groups excluding carboxylic acids is 1. The van der Waals surface area contributed by atoms with Crippen LogP contribution in [-0.2, 0) is 18.4 Å². The molecule has 128 valence electrons. The minimum atomic E-state index is -0.0149. The lowest BCUT2D eigenvalue weighted by Crippen LogP contribution is -2.52. The normalized spacial score (nSPS) is 24.6. The molecule has 2 aromatic heterocycles. The third-order valence-corrected chi connectivity index (χ3v) is 5.11. The molecule has 1 saturated heterocycles. The number of hydrogen-bond acceptors (Lipinski definition) is 5. The molecular formula is C17H23N5O2. The Bertz CT molecular complexity index is 733. The summed E-state index contributed by atoms with van der Waals surface area (Å²) in [5.41, 5.74) is 1.96. The Morgan fingerprint density at radius 2 is 2.21 bits per heavy atom. The van der Waals surface area contributed by atoms with Gasteiger partial charge in [-0.25, -0.2) is 4.98 Å². The molecule has 7 heteroatoms. The van der Waals surface area contributed by atoms with Gasteiger partial charge in [-0.2, -0.15) is 0 Å². The van der Waals surface area contributed by atoms with Crippen molar-refractivity contribution in [2.75, 3.05) is 0 Å². The lowest BCUT2D eigenvalue weighted by atomic mass is 9.94. The van der Waals surface area contributed by atoms with Gasteiger partial charge in [0, 0.05) is 50.1 Å². The second kappa shape index (κ2) is 6.05. The number of amides is 1. The number of rotatable bonds is 5. The van der Waals surface area contributed by atoms with Crippen LogP contribution in [-0.4, -0.2) is 37.6 Å². The standard InChI is InChI=1S/C17H23N5O2/c1-11-12(10-24-20-11)9-19-14-5-6-15(23)22(13-3-4-13)16(14)17-18-7-8-21(17)2/h7-8,10,13-14,16,19H,3-6,9H2,1-2H3/t14-,16-/m1/s1. The highest BCUT2D eigenvalue weighted by Crippen LogP contribution is 2.40. The van der Waals surface area contributed by atoms with Crippen LogP contribution in [0.3, 0.4) is 0 Å². The molecule has 1 amide bonds. The summed E-state index contributed by atoms with van der Waals surface area (Å²) in [4.78, 5) is 19.2. The van der Waals surface area contributed by atoms with E-state index in [2.05, 4.69) is 20.4 Å². The summed E-state index contributed by atoms with van der Waals surface area (Å²) in [5.74, 6) is 1.21. The maximum Gasteiger partial charge on any atom is 0.223 e. The van der Waals surface area contributed by atoms with Crippen molar-refractivity contribution in [3.63, 3.8) is 0 Å². The predicted molar refractivity (Wildman–Crippen MR) is 86.9 cm³/mol. The van der Waals surface area contributed by atoms with Crippen molar-refractivity contribution in [3.05, 3.63) is 35.7 Å². The number of hydrogen-bond donors (Lipinski definition) is 1. The Kier molecular flexibility index (Phi) is 3.88. The van der Waals surface area contributed by atoms with Crippen molar-refractivity contribution in [1.82, 2.24) is 24.9 Å². The first kappa shape index (κ1) is 15.4. The van der Waals surface area contributed by atoms with Crippen molar-refractivity contribution in [2.24, 2.45) is 7.05 Å². The van der Waals surface area contributed by atoms with Gasteiger partial charge in [-0.15, -0.1) is 0 Å². The Labute approximate surface area is 141 Å². The van der Waals surface area contributed by atoms with Gasteiger partial charge in [0.05, 0.1) is 5.69 Å². The summed E-state index contributed by atoms with van der Waals surface area (Å²) in [6, 6.07) is 0.541. The lowest BCUT2D eigenvalue weighted by molar-refractivity contribution is -0.139. The third kappa shape index (κ3) is 2.73. The highest BCUT2D eigenvalue weighted by molar-refractivity contribution is 5.78. The van der Waals surface area contributed by atoms with E-state index in [1.54, 1.807) is 12.5 Å². The van der Waals surface area contributed by atoms with E-state index in [0.29, 0.717) is 19.0 Å². The number of aromatic nitrogens is 3. The molecule has 0 radical (unpaired) electrons. The highest BCUT2D eigenvalue weighted by atomic mass is 16.5. The zero-order valence-electron chi connectivity index (χ0n) is 14.1. The van der Waals surface area contributed by atoms with E-state index in [4.69, 9.17) is 4.52 Å². The molecule has 1 saturated carbocycles. The molecule has 2 fully saturated rings. The average Bonchev–Trinajstić information content (AvgIpc) is 3.19. The molecule has 1 N–H and O–H groups in total. The Hall–Kier alpha value is -2.15. The van der Waals surface area contributed by atoms with Gasteiger partial charge in [0.1, 0.15) is 18.1 Å². The van der Waals surface area contributed by atoms with Crippen molar-refractivity contribution < 1.29 is 9.32 Å². The number of imidazole rings is 1. The molecule has 7 nitrogen and oxygen atoms in total. The van der Waals surface area contributed by atoms with E-state index < -0.39 is 0 Å².